The monoisotopic (exact) mass is 464 g/mol. The minimum absolute atomic E-state index is 0.229. The summed E-state index contributed by atoms with van der Waals surface area (Å²) in [5.41, 5.74) is 0.905. The van der Waals surface area contributed by atoms with E-state index in [2.05, 4.69) is 31.2 Å². The highest BCUT2D eigenvalue weighted by Gasteiger charge is 2.50. The zero-order chi connectivity index (χ0) is 24.2. The number of ketones is 1. The van der Waals surface area contributed by atoms with Gasteiger partial charge >= 0.3 is 0 Å². The zero-order valence-electron chi connectivity index (χ0n) is 20.0. The first-order valence-corrected chi connectivity index (χ1v) is 12.3. The van der Waals surface area contributed by atoms with Gasteiger partial charge in [-0.05, 0) is 42.7 Å². The minimum atomic E-state index is -0.821. The first kappa shape index (κ1) is 25.1. The Hall–Kier alpha value is -2.53. The molecular weight excluding hydrogens is 430 g/mol. The van der Waals surface area contributed by atoms with Crippen LogP contribution in [0.5, 0.6) is 0 Å². The Morgan fingerprint density at radius 3 is 1.85 bits per heavy atom. The number of benzene rings is 2. The summed E-state index contributed by atoms with van der Waals surface area (Å²) in [7, 11) is 0. The molecule has 1 aliphatic rings. The second kappa shape index (κ2) is 10.2. The molecule has 3 rings (SSSR count). The number of Topliss-reactive ketones (excluding diaryl/α,β-unsaturated/α-hetero) is 1. The molecule has 0 N–H and O–H groups in total. The highest BCUT2D eigenvalue weighted by atomic mass is 32.1. The van der Waals surface area contributed by atoms with E-state index < -0.39 is 33.7 Å². The summed E-state index contributed by atoms with van der Waals surface area (Å²) in [5, 5.41) is -0.472. The number of hydrogen-bond donors (Lipinski definition) is 0. The van der Waals surface area contributed by atoms with E-state index in [1.54, 1.807) is 13.8 Å². The van der Waals surface area contributed by atoms with Crippen LogP contribution < -0.4 is 0 Å². The van der Waals surface area contributed by atoms with Crippen LogP contribution in [0.25, 0.3) is 0 Å². The van der Waals surface area contributed by atoms with Crippen LogP contribution >= 0.6 is 0 Å². The van der Waals surface area contributed by atoms with Gasteiger partial charge in [0.05, 0.1) is 6.04 Å². The van der Waals surface area contributed by atoms with Gasteiger partial charge in [0.2, 0.25) is 5.78 Å². The van der Waals surface area contributed by atoms with Crippen LogP contribution in [0.2, 0.25) is 0 Å². The summed E-state index contributed by atoms with van der Waals surface area (Å²) >= 11 is 5.25. The highest BCUT2D eigenvalue weighted by molar-refractivity contribution is 7.77. The van der Waals surface area contributed by atoms with E-state index in [9.17, 15) is 14.4 Å². The fraction of sp³-hybridized carbons (Fsp3) is 0.464. The molecule has 1 fully saturated rings. The van der Waals surface area contributed by atoms with Gasteiger partial charge in [-0.25, -0.2) is 0 Å². The summed E-state index contributed by atoms with van der Waals surface area (Å²) in [5.74, 6) is -1.26. The lowest BCUT2D eigenvalue weighted by atomic mass is 9.59. The number of rotatable bonds is 8. The average molecular weight is 465 g/mol. The largest absolute Gasteiger partial charge is 0.740 e. The van der Waals surface area contributed by atoms with E-state index >= 15 is 0 Å². The lowest BCUT2D eigenvalue weighted by molar-refractivity contribution is -0.154. The fourth-order valence-corrected chi connectivity index (χ4v) is 5.64. The Bertz CT molecular complexity index is 947. The molecule has 0 aliphatic carbocycles. The molecule has 1 amide bonds. The van der Waals surface area contributed by atoms with Crippen LogP contribution in [0.3, 0.4) is 0 Å². The Morgan fingerprint density at radius 2 is 1.42 bits per heavy atom. The maximum Gasteiger partial charge on any atom is 0.291 e. The summed E-state index contributed by atoms with van der Waals surface area (Å²) in [6.07, 6.45) is 2.76. The quantitative estimate of drug-likeness (QED) is 0.404. The molecule has 0 spiro atoms. The zero-order valence-corrected chi connectivity index (χ0v) is 20.9. The number of carbonyl (C=O) groups is 3. The van der Waals surface area contributed by atoms with Crippen molar-refractivity contribution >= 4 is 29.4 Å². The number of likely N-dealkylation sites (tertiary alicyclic amines) is 1. The predicted molar refractivity (Wildman–Crippen MR) is 134 cm³/mol. The number of piperidine rings is 1. The number of nitrogens with zero attached hydrogens (tertiary/aromatic N) is 1. The van der Waals surface area contributed by atoms with Crippen molar-refractivity contribution < 1.29 is 14.4 Å². The molecule has 1 saturated heterocycles. The van der Waals surface area contributed by atoms with Crippen LogP contribution in [0, 0.1) is 11.3 Å². The van der Waals surface area contributed by atoms with E-state index in [0.717, 1.165) is 30.4 Å². The molecule has 2 atom stereocenters. The van der Waals surface area contributed by atoms with Crippen LogP contribution in [-0.4, -0.2) is 34.3 Å². The van der Waals surface area contributed by atoms with Gasteiger partial charge in [-0.3, -0.25) is 9.59 Å². The van der Waals surface area contributed by atoms with Crippen molar-refractivity contribution in [3.8, 4) is 0 Å². The standard InChI is InChI=1S/C28H35NO3S/c1-5-27(3,4)24(30)25(31)29-19-13-18-22(23(29)26(32)33)28(6-2,20-14-9-7-10-15-20)21-16-11-8-12-17-21/h7-12,14-17,22-23H,5-6,13,18-19H2,1-4H3,(H,32,33)/p-1. The summed E-state index contributed by atoms with van der Waals surface area (Å²) in [6, 6.07) is 19.5. The van der Waals surface area contributed by atoms with Crippen LogP contribution in [-0.2, 0) is 32.4 Å². The highest BCUT2D eigenvalue weighted by Crippen LogP contribution is 2.48. The number of amides is 1. The molecule has 2 aromatic carbocycles. The molecule has 5 heteroatoms. The molecule has 176 valence electrons. The molecule has 1 aliphatic heterocycles. The second-order valence-corrected chi connectivity index (χ2v) is 10.0. The van der Waals surface area contributed by atoms with Crippen LogP contribution in [0.4, 0.5) is 0 Å². The molecule has 0 saturated carbocycles. The molecule has 33 heavy (non-hydrogen) atoms. The van der Waals surface area contributed by atoms with Gasteiger partial charge in [0, 0.05) is 22.5 Å². The molecule has 0 radical (unpaired) electrons. The maximum atomic E-state index is 13.4. The lowest BCUT2D eigenvalue weighted by Gasteiger charge is -2.51. The molecule has 2 unspecified atom stereocenters. The van der Waals surface area contributed by atoms with E-state index in [-0.39, 0.29) is 5.92 Å². The molecule has 0 aromatic heterocycles. The molecule has 4 nitrogen and oxygen atoms in total. The SMILES string of the molecule is CCC(C)(C)C(=O)C(=O)N1CCCC(C(CC)(c2ccccc2)c2ccccc2)C1C(=O)[S-]. The van der Waals surface area contributed by atoms with Crippen molar-refractivity contribution in [2.75, 3.05) is 6.54 Å². The van der Waals surface area contributed by atoms with E-state index in [4.69, 9.17) is 12.6 Å². The Kier molecular flexibility index (Phi) is 7.73. The Morgan fingerprint density at radius 1 is 0.909 bits per heavy atom. The summed E-state index contributed by atoms with van der Waals surface area (Å²) in [4.78, 5) is 41.0. The third-order valence-electron chi connectivity index (χ3n) is 7.59. The van der Waals surface area contributed by atoms with Gasteiger partial charge in [0.1, 0.15) is 0 Å². The van der Waals surface area contributed by atoms with Crippen molar-refractivity contribution in [2.24, 2.45) is 11.3 Å². The van der Waals surface area contributed by atoms with Crippen molar-refractivity contribution in [1.82, 2.24) is 4.90 Å². The van der Waals surface area contributed by atoms with Gasteiger partial charge in [0.15, 0.2) is 0 Å². The van der Waals surface area contributed by atoms with Gasteiger partial charge in [-0.15, -0.1) is 0 Å². The van der Waals surface area contributed by atoms with E-state index in [0.29, 0.717) is 13.0 Å². The Labute approximate surface area is 203 Å². The molecule has 1 heterocycles. The molecular formula is C28H34NO3S-. The Balaban J connectivity index is 2.17. The fourth-order valence-electron chi connectivity index (χ4n) is 5.35. The van der Waals surface area contributed by atoms with Gasteiger partial charge in [-0.1, -0.05) is 88.4 Å². The topological polar surface area (TPSA) is 54.5 Å². The normalized spacial score (nSPS) is 19.2. The molecule has 0 bridgehead atoms. The first-order valence-electron chi connectivity index (χ1n) is 11.9. The van der Waals surface area contributed by atoms with Gasteiger partial charge in [-0.2, -0.15) is 0 Å². The average Bonchev–Trinajstić information content (AvgIpc) is 2.85. The third kappa shape index (κ3) is 4.61. The smallest absolute Gasteiger partial charge is 0.291 e. The first-order chi connectivity index (χ1) is 15.7. The predicted octanol–water partition coefficient (Wildman–Crippen LogP) is 5.07. The van der Waals surface area contributed by atoms with E-state index in [1.807, 2.05) is 43.3 Å². The summed E-state index contributed by atoms with van der Waals surface area (Å²) < 4.78 is 0. The third-order valence-corrected chi connectivity index (χ3v) is 7.84. The lowest BCUT2D eigenvalue weighted by Crippen LogP contribution is -2.60. The van der Waals surface area contributed by atoms with Crippen molar-refractivity contribution in [2.45, 2.75) is 64.8 Å². The molecule has 2 aromatic rings. The van der Waals surface area contributed by atoms with E-state index in [1.165, 1.54) is 4.90 Å². The second-order valence-electron chi connectivity index (χ2n) is 9.63. The van der Waals surface area contributed by atoms with Crippen molar-refractivity contribution in [3.05, 3.63) is 71.8 Å². The number of hydrogen-bond acceptors (Lipinski definition) is 4. The van der Waals surface area contributed by atoms with Crippen LogP contribution in [0.15, 0.2) is 60.7 Å². The maximum absolute atomic E-state index is 13.4. The number of carbonyl (C=O) groups excluding carboxylic acids is 3. The van der Waals surface area contributed by atoms with Crippen molar-refractivity contribution in [1.29, 1.82) is 0 Å². The van der Waals surface area contributed by atoms with Crippen LogP contribution in [0.1, 0.15) is 64.5 Å². The minimum Gasteiger partial charge on any atom is -0.740 e. The van der Waals surface area contributed by atoms with Crippen molar-refractivity contribution in [3.63, 3.8) is 0 Å². The summed E-state index contributed by atoms with van der Waals surface area (Å²) in [6.45, 7) is 7.95. The van der Waals surface area contributed by atoms with Gasteiger partial charge < -0.3 is 22.3 Å². The van der Waals surface area contributed by atoms with Gasteiger partial charge in [0.25, 0.3) is 5.91 Å².